The average molecular weight is 383 g/mol. The van der Waals surface area contributed by atoms with Crippen LogP contribution in [-0.2, 0) is 19.6 Å². The normalized spacial score (nSPS) is 22.0. The van der Waals surface area contributed by atoms with E-state index in [1.165, 1.54) is 30.5 Å². The van der Waals surface area contributed by atoms with E-state index in [1.807, 2.05) is 0 Å². The molecule has 2 unspecified atom stereocenters. The molecule has 0 fully saturated rings. The number of Topliss-reactive ketones (excluding diaryl/α,β-unsaturated/α-hetero) is 1. The largest absolute Gasteiger partial charge is 0.290 e. The van der Waals surface area contributed by atoms with Crippen molar-refractivity contribution in [2.24, 2.45) is 5.92 Å². The number of nitrogens with zero attached hydrogens (tertiary/aromatic N) is 1. The first-order valence-electron chi connectivity index (χ1n) is 8.23. The van der Waals surface area contributed by atoms with Crippen LogP contribution in [0.25, 0.3) is 5.57 Å². The van der Waals surface area contributed by atoms with Gasteiger partial charge in [0.25, 0.3) is 10.0 Å². The van der Waals surface area contributed by atoms with E-state index in [-0.39, 0.29) is 0 Å². The molecule has 2 atom stereocenters. The summed E-state index contributed by atoms with van der Waals surface area (Å²) in [5.41, 5.74) is 1.05. The highest BCUT2D eigenvalue weighted by Gasteiger charge is 2.47. The average Bonchev–Trinajstić information content (AvgIpc) is 3.07. The Morgan fingerprint density at radius 1 is 0.926 bits per heavy atom. The van der Waals surface area contributed by atoms with E-state index in [0.717, 1.165) is 16.4 Å². The molecule has 0 bridgehead atoms. The smallest absolute Gasteiger partial charge is 0.267 e. The van der Waals surface area contributed by atoms with Gasteiger partial charge in [0.05, 0.1) is 12.0 Å². The molecule has 7 heteroatoms. The predicted octanol–water partition coefficient (Wildman–Crippen LogP) is 2.56. The lowest BCUT2D eigenvalue weighted by Gasteiger charge is -2.28. The van der Waals surface area contributed by atoms with E-state index >= 15 is 0 Å². The molecule has 0 amide bonds. The maximum Gasteiger partial charge on any atom is 0.267 e. The van der Waals surface area contributed by atoms with Gasteiger partial charge in [0.2, 0.25) is 11.6 Å². The standard InChI is InChI=1S/C20H14FNO4S/c21-15-8-4-5-9-18(15)27(25,26)22-12-14(13-6-2-1-3-7-13)19-16(22)10-11-17(23)20(19)24/h1-12,16,19H. The van der Waals surface area contributed by atoms with Crippen LogP contribution in [0.5, 0.6) is 0 Å². The molecule has 1 aliphatic heterocycles. The van der Waals surface area contributed by atoms with Crippen LogP contribution in [0.2, 0.25) is 0 Å². The van der Waals surface area contributed by atoms with Gasteiger partial charge in [-0.2, -0.15) is 0 Å². The number of carbonyl (C=O) groups excluding carboxylic acids is 2. The molecular weight excluding hydrogens is 369 g/mol. The summed E-state index contributed by atoms with van der Waals surface area (Å²) in [6.07, 6.45) is 3.79. The molecule has 4 rings (SSSR count). The first-order chi connectivity index (χ1) is 12.9. The summed E-state index contributed by atoms with van der Waals surface area (Å²) in [4.78, 5) is 24.0. The van der Waals surface area contributed by atoms with Gasteiger partial charge in [0.15, 0.2) is 0 Å². The molecule has 5 nitrogen and oxygen atoms in total. The molecule has 0 saturated carbocycles. The number of fused-ring (bicyclic) bond motifs is 1. The maximum atomic E-state index is 14.2. The maximum absolute atomic E-state index is 14.2. The molecule has 0 spiro atoms. The topological polar surface area (TPSA) is 71.5 Å². The summed E-state index contributed by atoms with van der Waals surface area (Å²) < 4.78 is 41.3. The summed E-state index contributed by atoms with van der Waals surface area (Å²) in [5, 5.41) is 0. The number of carbonyl (C=O) groups is 2. The molecule has 0 saturated heterocycles. The molecule has 1 aliphatic carbocycles. The van der Waals surface area contributed by atoms with Crippen LogP contribution in [0.15, 0.2) is 77.8 Å². The Hall–Kier alpha value is -3.06. The van der Waals surface area contributed by atoms with Gasteiger partial charge in [-0.25, -0.2) is 12.8 Å². The fourth-order valence-electron chi connectivity index (χ4n) is 3.43. The number of hydrogen-bond acceptors (Lipinski definition) is 4. The molecule has 2 aromatic carbocycles. The summed E-state index contributed by atoms with van der Waals surface area (Å²) in [5.74, 6) is -3.18. The van der Waals surface area contributed by atoms with Crippen molar-refractivity contribution in [3.63, 3.8) is 0 Å². The van der Waals surface area contributed by atoms with Crippen LogP contribution in [-0.4, -0.2) is 30.3 Å². The summed E-state index contributed by atoms with van der Waals surface area (Å²) in [7, 11) is -4.25. The van der Waals surface area contributed by atoms with Gasteiger partial charge < -0.3 is 0 Å². The number of halogens is 1. The van der Waals surface area contributed by atoms with Crippen LogP contribution in [0.4, 0.5) is 4.39 Å². The minimum Gasteiger partial charge on any atom is -0.290 e. The summed E-state index contributed by atoms with van der Waals surface area (Å²) >= 11 is 0. The van der Waals surface area contributed by atoms with E-state index in [4.69, 9.17) is 0 Å². The van der Waals surface area contributed by atoms with Crippen LogP contribution in [0.1, 0.15) is 5.56 Å². The molecule has 1 heterocycles. The number of allylic oxidation sites excluding steroid dienone is 1. The highest BCUT2D eigenvalue weighted by molar-refractivity contribution is 7.89. The molecular formula is C20H14FNO4S. The number of sulfonamides is 1. The van der Waals surface area contributed by atoms with Gasteiger partial charge in [-0.3, -0.25) is 13.9 Å². The fraction of sp³-hybridized carbons (Fsp3) is 0.100. The van der Waals surface area contributed by atoms with Crippen molar-refractivity contribution in [1.29, 1.82) is 0 Å². The number of benzene rings is 2. The van der Waals surface area contributed by atoms with Gasteiger partial charge >= 0.3 is 0 Å². The second-order valence-corrected chi connectivity index (χ2v) is 8.08. The van der Waals surface area contributed by atoms with Gasteiger partial charge in [-0.1, -0.05) is 48.5 Å². The zero-order valence-electron chi connectivity index (χ0n) is 13.9. The first-order valence-corrected chi connectivity index (χ1v) is 9.67. The predicted molar refractivity (Wildman–Crippen MR) is 96.3 cm³/mol. The fourth-order valence-corrected chi connectivity index (χ4v) is 4.99. The molecule has 0 aromatic heterocycles. The summed E-state index contributed by atoms with van der Waals surface area (Å²) in [6, 6.07) is 12.9. The van der Waals surface area contributed by atoms with Gasteiger partial charge in [0, 0.05) is 6.20 Å². The zero-order chi connectivity index (χ0) is 19.2. The van der Waals surface area contributed by atoms with Crippen molar-refractivity contribution in [1.82, 2.24) is 4.31 Å². The monoisotopic (exact) mass is 383 g/mol. The van der Waals surface area contributed by atoms with Crippen molar-refractivity contribution >= 4 is 27.2 Å². The summed E-state index contributed by atoms with van der Waals surface area (Å²) in [6.45, 7) is 0. The molecule has 2 aromatic rings. The molecule has 27 heavy (non-hydrogen) atoms. The third-order valence-corrected chi connectivity index (χ3v) is 6.50. The lowest BCUT2D eigenvalue weighted by Crippen LogP contribution is -2.42. The Bertz CT molecular complexity index is 1110. The third-order valence-electron chi connectivity index (χ3n) is 4.71. The van der Waals surface area contributed by atoms with Gasteiger partial charge in [-0.05, 0) is 29.3 Å². The van der Waals surface area contributed by atoms with Crippen LogP contribution in [0, 0.1) is 11.7 Å². The number of rotatable bonds is 3. The number of hydrogen-bond donors (Lipinski definition) is 0. The first kappa shape index (κ1) is 17.4. The van der Waals surface area contributed by atoms with Gasteiger partial charge in [0.1, 0.15) is 10.7 Å². The highest BCUT2D eigenvalue weighted by Crippen LogP contribution is 2.41. The van der Waals surface area contributed by atoms with Crippen molar-refractivity contribution in [2.75, 3.05) is 0 Å². The van der Waals surface area contributed by atoms with E-state index in [9.17, 15) is 22.4 Å². The van der Waals surface area contributed by atoms with E-state index < -0.39 is 44.3 Å². The van der Waals surface area contributed by atoms with Crippen LogP contribution >= 0.6 is 0 Å². The molecule has 0 N–H and O–H groups in total. The molecule has 2 aliphatic rings. The van der Waals surface area contributed by atoms with E-state index in [0.29, 0.717) is 11.1 Å². The molecule has 136 valence electrons. The van der Waals surface area contributed by atoms with Crippen LogP contribution < -0.4 is 0 Å². The van der Waals surface area contributed by atoms with Crippen molar-refractivity contribution in [3.8, 4) is 0 Å². The van der Waals surface area contributed by atoms with Gasteiger partial charge in [-0.15, -0.1) is 0 Å². The zero-order valence-corrected chi connectivity index (χ0v) is 14.8. The number of ketones is 2. The Morgan fingerprint density at radius 3 is 2.30 bits per heavy atom. The quantitative estimate of drug-likeness (QED) is 0.764. The Morgan fingerprint density at radius 2 is 1.59 bits per heavy atom. The lowest BCUT2D eigenvalue weighted by molar-refractivity contribution is -0.136. The lowest BCUT2D eigenvalue weighted by atomic mass is 9.82. The Labute approximate surface area is 155 Å². The Kier molecular flexibility index (Phi) is 4.04. The second kappa shape index (κ2) is 6.28. The third kappa shape index (κ3) is 2.71. The molecule has 0 radical (unpaired) electrons. The van der Waals surface area contributed by atoms with E-state index in [2.05, 4.69) is 0 Å². The van der Waals surface area contributed by atoms with Crippen molar-refractivity contribution in [2.45, 2.75) is 10.9 Å². The minimum absolute atomic E-state index is 0.420. The van der Waals surface area contributed by atoms with Crippen molar-refractivity contribution < 1.29 is 22.4 Å². The minimum atomic E-state index is -4.25. The van der Waals surface area contributed by atoms with Crippen LogP contribution in [0.3, 0.4) is 0 Å². The SMILES string of the molecule is O=C1C=CC2C(C1=O)C(c1ccccc1)=CN2S(=O)(=O)c1ccccc1F. The Balaban J connectivity index is 1.89. The van der Waals surface area contributed by atoms with Crippen molar-refractivity contribution in [3.05, 3.63) is 84.3 Å². The van der Waals surface area contributed by atoms with E-state index in [1.54, 1.807) is 30.3 Å². The highest BCUT2D eigenvalue weighted by atomic mass is 32.2. The second-order valence-electron chi connectivity index (χ2n) is 6.27.